The first-order valence-electron chi connectivity index (χ1n) is 9.19. The van der Waals surface area contributed by atoms with Crippen LogP contribution < -0.4 is 9.47 Å². The van der Waals surface area contributed by atoms with Gasteiger partial charge in [-0.15, -0.1) is 0 Å². The molecule has 0 atom stereocenters. The number of hydrogen-bond donors (Lipinski definition) is 0. The largest absolute Gasteiger partial charge is 0.513 e. The van der Waals surface area contributed by atoms with Crippen molar-refractivity contribution < 1.29 is 28.5 Å². The highest BCUT2D eigenvalue weighted by molar-refractivity contribution is 6.38. The van der Waals surface area contributed by atoms with E-state index in [-0.39, 0.29) is 44.8 Å². The van der Waals surface area contributed by atoms with Crippen molar-refractivity contribution in [1.29, 1.82) is 0 Å². The molecule has 0 N–H and O–H groups in total. The van der Waals surface area contributed by atoms with Crippen molar-refractivity contribution in [2.75, 3.05) is 13.2 Å². The monoisotopic (exact) mass is 508 g/mol. The van der Waals surface area contributed by atoms with Crippen molar-refractivity contribution in [3.8, 4) is 11.5 Å². The zero-order chi connectivity index (χ0) is 23.3. The zero-order valence-corrected chi connectivity index (χ0v) is 20.2. The van der Waals surface area contributed by atoms with E-state index in [2.05, 4.69) is 0 Å². The van der Waals surface area contributed by atoms with Gasteiger partial charge in [0.1, 0.15) is 0 Å². The van der Waals surface area contributed by atoms with E-state index in [1.54, 1.807) is 38.1 Å². The van der Waals surface area contributed by atoms with Gasteiger partial charge in [-0.1, -0.05) is 60.3 Å². The van der Waals surface area contributed by atoms with Gasteiger partial charge in [-0.25, -0.2) is 9.59 Å². The van der Waals surface area contributed by atoms with Crippen LogP contribution in [0.25, 0.3) is 0 Å². The Balaban J connectivity index is 2.41. The molecular weight excluding hydrogens is 490 g/mol. The van der Waals surface area contributed by atoms with E-state index in [0.717, 1.165) is 0 Å². The minimum Gasteiger partial charge on any atom is -0.434 e. The number of benzene rings is 2. The Kier molecular flexibility index (Phi) is 8.72. The van der Waals surface area contributed by atoms with E-state index < -0.39 is 17.7 Å². The molecule has 0 fully saturated rings. The normalized spacial score (nSPS) is 11.1. The second kappa shape index (κ2) is 10.6. The Bertz CT molecular complexity index is 866. The van der Waals surface area contributed by atoms with E-state index in [1.807, 2.05) is 13.8 Å². The van der Waals surface area contributed by atoms with Gasteiger partial charge in [0.05, 0.1) is 33.3 Å². The van der Waals surface area contributed by atoms with Crippen molar-refractivity contribution in [2.24, 2.45) is 0 Å². The summed E-state index contributed by atoms with van der Waals surface area (Å²) in [5.74, 6) is -0.00818. The van der Waals surface area contributed by atoms with Gasteiger partial charge in [-0.05, 0) is 49.2 Å². The van der Waals surface area contributed by atoms with Crippen LogP contribution in [0.15, 0.2) is 24.3 Å². The molecule has 6 nitrogen and oxygen atoms in total. The van der Waals surface area contributed by atoms with E-state index in [4.69, 9.17) is 65.4 Å². The molecule has 2 aromatic rings. The first-order chi connectivity index (χ1) is 14.5. The third-order valence-electron chi connectivity index (χ3n) is 4.34. The van der Waals surface area contributed by atoms with Crippen LogP contribution in [-0.2, 0) is 14.9 Å². The summed E-state index contributed by atoms with van der Waals surface area (Å²) in [5.41, 5.74) is 0.723. The van der Waals surface area contributed by atoms with Gasteiger partial charge >= 0.3 is 12.3 Å². The molecule has 0 aliphatic carbocycles. The Labute approximate surface area is 200 Å². The molecule has 10 heteroatoms. The molecule has 31 heavy (non-hydrogen) atoms. The smallest absolute Gasteiger partial charge is 0.434 e. The lowest BCUT2D eigenvalue weighted by Crippen LogP contribution is -2.20. The summed E-state index contributed by atoms with van der Waals surface area (Å²) in [6.45, 7) is 7.39. The summed E-state index contributed by atoms with van der Waals surface area (Å²) in [6.07, 6.45) is -1.82. The quantitative estimate of drug-likeness (QED) is 0.293. The van der Waals surface area contributed by atoms with Crippen LogP contribution in [0.1, 0.15) is 38.8 Å². The van der Waals surface area contributed by atoms with Crippen molar-refractivity contribution in [3.63, 3.8) is 0 Å². The Morgan fingerprint density at radius 2 is 1.00 bits per heavy atom. The van der Waals surface area contributed by atoms with Crippen LogP contribution in [0.2, 0.25) is 20.1 Å². The third kappa shape index (κ3) is 6.10. The number of carbonyl (C=O) groups excluding carboxylic acids is 2. The van der Waals surface area contributed by atoms with Gasteiger partial charge in [-0.3, -0.25) is 0 Å². The maximum atomic E-state index is 11.6. The van der Waals surface area contributed by atoms with E-state index >= 15 is 0 Å². The van der Waals surface area contributed by atoms with Crippen LogP contribution in [0.3, 0.4) is 0 Å². The fourth-order valence-corrected chi connectivity index (χ4v) is 3.79. The van der Waals surface area contributed by atoms with Crippen LogP contribution in [0.5, 0.6) is 11.5 Å². The topological polar surface area (TPSA) is 71.1 Å². The molecule has 0 unspecified atom stereocenters. The van der Waals surface area contributed by atoms with Crippen molar-refractivity contribution >= 4 is 58.7 Å². The van der Waals surface area contributed by atoms with E-state index in [0.29, 0.717) is 11.1 Å². The number of rotatable bonds is 6. The zero-order valence-electron chi connectivity index (χ0n) is 17.2. The lowest BCUT2D eigenvalue weighted by Gasteiger charge is -2.28. The number of halogens is 4. The van der Waals surface area contributed by atoms with Gasteiger partial charge in [0, 0.05) is 5.41 Å². The minimum absolute atomic E-state index is 0.00409. The molecule has 0 bridgehead atoms. The fourth-order valence-electron chi connectivity index (χ4n) is 2.66. The molecule has 2 aromatic carbocycles. The fraction of sp³-hybridized carbons (Fsp3) is 0.333. The second-order valence-corrected chi connectivity index (χ2v) is 8.36. The molecule has 0 saturated heterocycles. The molecular formula is C21H20Cl4O6. The summed E-state index contributed by atoms with van der Waals surface area (Å²) in [4.78, 5) is 23.2. The summed E-state index contributed by atoms with van der Waals surface area (Å²) in [6, 6.07) is 6.47. The summed E-state index contributed by atoms with van der Waals surface area (Å²) in [7, 11) is 0. The minimum atomic E-state index is -0.908. The van der Waals surface area contributed by atoms with Crippen LogP contribution in [0, 0.1) is 0 Å². The first kappa shape index (κ1) is 25.4. The Morgan fingerprint density at radius 3 is 1.26 bits per heavy atom. The molecule has 0 saturated carbocycles. The first-order valence-corrected chi connectivity index (χ1v) is 10.7. The highest BCUT2D eigenvalue weighted by Gasteiger charge is 2.28. The van der Waals surface area contributed by atoms with Crippen molar-refractivity contribution in [2.45, 2.75) is 33.1 Å². The summed E-state index contributed by atoms with van der Waals surface area (Å²) in [5, 5.41) is 0.511. The third-order valence-corrected chi connectivity index (χ3v) is 5.46. The second-order valence-electron chi connectivity index (χ2n) is 6.73. The summed E-state index contributed by atoms with van der Waals surface area (Å²) < 4.78 is 19.6. The highest BCUT2D eigenvalue weighted by Crippen LogP contribution is 2.43. The lowest BCUT2D eigenvalue weighted by molar-refractivity contribution is 0.103. The number of carbonyl (C=O) groups is 2. The molecule has 168 valence electrons. The van der Waals surface area contributed by atoms with E-state index in [1.165, 1.54) is 0 Å². The average molecular weight is 510 g/mol. The summed E-state index contributed by atoms with van der Waals surface area (Å²) >= 11 is 25.2. The molecule has 0 aromatic heterocycles. The molecule has 0 heterocycles. The SMILES string of the molecule is CCOC(=O)Oc1c(Cl)cc(C(C)(C)c2cc(Cl)c(OC(=O)OCC)c(Cl)c2)cc1Cl. The highest BCUT2D eigenvalue weighted by atomic mass is 35.5. The standard InChI is InChI=1S/C21H20Cl4O6/c1-5-28-19(26)30-17-13(22)7-11(8-14(17)23)21(3,4)12-9-15(24)18(16(25)10-12)31-20(27)29-6-2/h7-10H,5-6H2,1-4H3. The lowest BCUT2D eigenvalue weighted by atomic mass is 9.78. The maximum Gasteiger partial charge on any atom is 0.513 e. The van der Waals surface area contributed by atoms with Gasteiger partial charge in [0.15, 0.2) is 11.5 Å². The van der Waals surface area contributed by atoms with Crippen molar-refractivity contribution in [1.82, 2.24) is 0 Å². The van der Waals surface area contributed by atoms with E-state index in [9.17, 15) is 9.59 Å². The number of ether oxygens (including phenoxy) is 4. The number of hydrogen-bond acceptors (Lipinski definition) is 6. The van der Waals surface area contributed by atoms with Gasteiger partial charge < -0.3 is 18.9 Å². The molecule has 0 radical (unpaired) electrons. The van der Waals surface area contributed by atoms with Gasteiger partial charge in [0.25, 0.3) is 0 Å². The molecule has 0 amide bonds. The maximum absolute atomic E-state index is 11.6. The Hall–Kier alpha value is -1.86. The Morgan fingerprint density at radius 1 is 0.710 bits per heavy atom. The van der Waals surface area contributed by atoms with Gasteiger partial charge in [-0.2, -0.15) is 0 Å². The molecule has 0 aliphatic rings. The van der Waals surface area contributed by atoms with Crippen LogP contribution in [0.4, 0.5) is 9.59 Å². The van der Waals surface area contributed by atoms with Crippen LogP contribution >= 0.6 is 46.4 Å². The molecule has 2 rings (SSSR count). The molecule has 0 spiro atoms. The predicted molar refractivity (Wildman–Crippen MR) is 120 cm³/mol. The van der Waals surface area contributed by atoms with Crippen LogP contribution in [-0.4, -0.2) is 25.5 Å². The molecule has 0 aliphatic heterocycles. The average Bonchev–Trinajstić information content (AvgIpc) is 2.67. The van der Waals surface area contributed by atoms with Crippen molar-refractivity contribution in [3.05, 3.63) is 55.5 Å². The van der Waals surface area contributed by atoms with Gasteiger partial charge in [0.2, 0.25) is 0 Å². The predicted octanol–water partition coefficient (Wildman–Crippen LogP) is 7.70.